The lowest BCUT2D eigenvalue weighted by Crippen LogP contribution is -2.36. The number of benzene rings is 1. The van der Waals surface area contributed by atoms with Crippen molar-refractivity contribution in [3.8, 4) is 12.1 Å². The van der Waals surface area contributed by atoms with E-state index in [2.05, 4.69) is 27.3 Å². The van der Waals surface area contributed by atoms with Gasteiger partial charge < -0.3 is 19.2 Å². The molecule has 8 nitrogen and oxygen atoms in total. The molecule has 0 spiro atoms. The summed E-state index contributed by atoms with van der Waals surface area (Å²) in [5.74, 6) is 1.14. The summed E-state index contributed by atoms with van der Waals surface area (Å²) in [6.45, 7) is 7.82. The second kappa shape index (κ2) is 10.3. The number of rotatable bonds is 6. The van der Waals surface area contributed by atoms with Gasteiger partial charge in [-0.3, -0.25) is 9.69 Å². The first kappa shape index (κ1) is 23.2. The Morgan fingerprint density at radius 3 is 2.53 bits per heavy atom. The van der Waals surface area contributed by atoms with Crippen molar-refractivity contribution in [1.29, 1.82) is 10.5 Å². The Morgan fingerprint density at radius 1 is 1.06 bits per heavy atom. The quantitative estimate of drug-likeness (QED) is 0.608. The second-order valence-corrected chi connectivity index (χ2v) is 8.53. The molecule has 0 aliphatic carbocycles. The summed E-state index contributed by atoms with van der Waals surface area (Å²) < 4.78 is 7.42. The third-order valence-corrected chi connectivity index (χ3v) is 6.41. The standard InChI is InChI=1S/C26H28N6O2/c1-19-20(2)32(17-23-5-3-14-34-23)26(24(19)16-28)29-25(33)18-30-10-4-11-31(13-12-30)22-8-6-21(15-27)7-9-22/h3,5-9,14H,4,10-13,17-18H2,1-2H3,(H,29,33). The van der Waals surface area contributed by atoms with Crippen LogP contribution in [0.5, 0.6) is 0 Å². The van der Waals surface area contributed by atoms with Gasteiger partial charge in [-0.2, -0.15) is 10.5 Å². The highest BCUT2D eigenvalue weighted by Crippen LogP contribution is 2.27. The van der Waals surface area contributed by atoms with Crippen LogP contribution in [-0.2, 0) is 11.3 Å². The van der Waals surface area contributed by atoms with Crippen molar-refractivity contribution in [2.75, 3.05) is 42.9 Å². The van der Waals surface area contributed by atoms with E-state index >= 15 is 0 Å². The number of furan rings is 1. The van der Waals surface area contributed by atoms with Gasteiger partial charge in [0.15, 0.2) is 0 Å². The zero-order valence-corrected chi connectivity index (χ0v) is 19.5. The summed E-state index contributed by atoms with van der Waals surface area (Å²) in [4.78, 5) is 17.4. The number of anilines is 2. The average Bonchev–Trinajstić information content (AvgIpc) is 3.35. The Bertz CT molecular complexity index is 1230. The van der Waals surface area contributed by atoms with Crippen LogP contribution in [0.1, 0.15) is 34.6 Å². The molecule has 1 amide bonds. The lowest BCUT2D eigenvalue weighted by Gasteiger charge is -2.23. The number of nitrogens with one attached hydrogen (secondary N) is 1. The van der Waals surface area contributed by atoms with E-state index in [1.54, 1.807) is 6.26 Å². The number of nitriles is 2. The van der Waals surface area contributed by atoms with Crippen LogP contribution in [0, 0.1) is 36.5 Å². The molecule has 1 aliphatic rings. The van der Waals surface area contributed by atoms with Crippen molar-refractivity contribution in [2.45, 2.75) is 26.8 Å². The smallest absolute Gasteiger partial charge is 0.239 e. The van der Waals surface area contributed by atoms with Gasteiger partial charge >= 0.3 is 0 Å². The van der Waals surface area contributed by atoms with Crippen LogP contribution in [-0.4, -0.2) is 48.1 Å². The van der Waals surface area contributed by atoms with E-state index in [-0.39, 0.29) is 12.5 Å². The number of hydrogen-bond acceptors (Lipinski definition) is 6. The van der Waals surface area contributed by atoms with Gasteiger partial charge in [0.25, 0.3) is 0 Å². The van der Waals surface area contributed by atoms with E-state index in [0.29, 0.717) is 23.5 Å². The Kier molecular flexibility index (Phi) is 7.01. The van der Waals surface area contributed by atoms with Gasteiger partial charge in [0.1, 0.15) is 17.6 Å². The number of carbonyl (C=O) groups is 1. The van der Waals surface area contributed by atoms with E-state index < -0.39 is 0 Å². The summed E-state index contributed by atoms with van der Waals surface area (Å²) in [6.07, 6.45) is 2.55. The fraction of sp³-hybridized carbons (Fsp3) is 0.346. The fourth-order valence-electron chi connectivity index (χ4n) is 4.40. The SMILES string of the molecule is Cc1c(C#N)c(NC(=O)CN2CCCN(c3ccc(C#N)cc3)CC2)n(Cc2ccco2)c1C. The maximum Gasteiger partial charge on any atom is 0.239 e. The number of aromatic nitrogens is 1. The number of amides is 1. The average molecular weight is 457 g/mol. The van der Waals surface area contributed by atoms with Crippen molar-refractivity contribution in [1.82, 2.24) is 9.47 Å². The molecule has 1 aliphatic heterocycles. The minimum Gasteiger partial charge on any atom is -0.467 e. The van der Waals surface area contributed by atoms with Crippen molar-refractivity contribution in [3.63, 3.8) is 0 Å². The van der Waals surface area contributed by atoms with Gasteiger partial charge in [0, 0.05) is 37.6 Å². The van der Waals surface area contributed by atoms with Crippen molar-refractivity contribution < 1.29 is 9.21 Å². The monoisotopic (exact) mass is 456 g/mol. The normalized spacial score (nSPS) is 14.3. The molecule has 0 bridgehead atoms. The molecule has 1 N–H and O–H groups in total. The predicted molar refractivity (Wildman–Crippen MR) is 129 cm³/mol. The molecule has 0 saturated carbocycles. The summed E-state index contributed by atoms with van der Waals surface area (Å²) in [7, 11) is 0. The second-order valence-electron chi connectivity index (χ2n) is 8.53. The highest BCUT2D eigenvalue weighted by atomic mass is 16.3. The summed E-state index contributed by atoms with van der Waals surface area (Å²) in [5, 5.41) is 21.7. The first-order valence-corrected chi connectivity index (χ1v) is 11.4. The summed E-state index contributed by atoms with van der Waals surface area (Å²) in [5.41, 5.74) is 4.01. The first-order chi connectivity index (χ1) is 16.5. The molecule has 0 unspecified atom stereocenters. The Hall–Kier alpha value is -4.01. The minimum absolute atomic E-state index is 0.137. The highest BCUT2D eigenvalue weighted by Gasteiger charge is 2.22. The number of hydrogen-bond donors (Lipinski definition) is 1. The predicted octanol–water partition coefficient (Wildman–Crippen LogP) is 3.64. The van der Waals surface area contributed by atoms with Crippen LogP contribution in [0.3, 0.4) is 0 Å². The van der Waals surface area contributed by atoms with Crippen molar-refractivity contribution in [3.05, 3.63) is 70.8 Å². The summed E-state index contributed by atoms with van der Waals surface area (Å²) >= 11 is 0. The molecular formula is C26H28N6O2. The van der Waals surface area contributed by atoms with Gasteiger partial charge in [0.2, 0.25) is 5.91 Å². The lowest BCUT2D eigenvalue weighted by atomic mass is 10.2. The zero-order valence-electron chi connectivity index (χ0n) is 19.5. The molecule has 1 aromatic carbocycles. The molecule has 34 heavy (non-hydrogen) atoms. The van der Waals surface area contributed by atoms with Crippen molar-refractivity contribution >= 4 is 17.4 Å². The molecule has 3 aromatic rings. The van der Waals surface area contributed by atoms with Crippen LogP contribution in [0.15, 0.2) is 47.1 Å². The molecule has 174 valence electrons. The van der Waals surface area contributed by atoms with Crippen LogP contribution >= 0.6 is 0 Å². The van der Waals surface area contributed by atoms with Crippen LogP contribution in [0.2, 0.25) is 0 Å². The molecule has 0 atom stereocenters. The molecule has 8 heteroatoms. The Balaban J connectivity index is 1.42. The maximum absolute atomic E-state index is 13.0. The van der Waals surface area contributed by atoms with E-state index in [4.69, 9.17) is 9.68 Å². The largest absolute Gasteiger partial charge is 0.467 e. The number of nitrogens with zero attached hydrogens (tertiary/aromatic N) is 5. The molecule has 1 saturated heterocycles. The van der Waals surface area contributed by atoms with Gasteiger partial charge in [-0.15, -0.1) is 0 Å². The van der Waals surface area contributed by atoms with Gasteiger partial charge in [0.05, 0.1) is 36.5 Å². The number of carbonyl (C=O) groups excluding carboxylic acids is 1. The van der Waals surface area contributed by atoms with E-state index in [1.165, 1.54) is 0 Å². The van der Waals surface area contributed by atoms with Gasteiger partial charge in [-0.25, -0.2) is 0 Å². The zero-order chi connectivity index (χ0) is 24.1. The van der Waals surface area contributed by atoms with Gasteiger partial charge in [-0.05, 0) is 62.2 Å². The minimum atomic E-state index is -0.137. The highest BCUT2D eigenvalue weighted by molar-refractivity contribution is 5.93. The Morgan fingerprint density at radius 2 is 1.85 bits per heavy atom. The maximum atomic E-state index is 13.0. The fourth-order valence-corrected chi connectivity index (χ4v) is 4.40. The van der Waals surface area contributed by atoms with Crippen LogP contribution in [0.25, 0.3) is 0 Å². The Labute approximate surface area is 199 Å². The van der Waals surface area contributed by atoms with E-state index in [0.717, 1.165) is 55.3 Å². The molecular weight excluding hydrogens is 428 g/mol. The lowest BCUT2D eigenvalue weighted by molar-refractivity contribution is -0.117. The molecule has 0 radical (unpaired) electrons. The third kappa shape index (κ3) is 4.98. The van der Waals surface area contributed by atoms with E-state index in [9.17, 15) is 10.1 Å². The first-order valence-electron chi connectivity index (χ1n) is 11.4. The molecule has 4 rings (SSSR count). The van der Waals surface area contributed by atoms with Crippen molar-refractivity contribution in [2.24, 2.45) is 0 Å². The topological polar surface area (TPSA) is 101 Å². The summed E-state index contributed by atoms with van der Waals surface area (Å²) in [6, 6.07) is 15.7. The van der Waals surface area contributed by atoms with Crippen LogP contribution in [0.4, 0.5) is 11.5 Å². The molecule has 1 fully saturated rings. The third-order valence-electron chi connectivity index (χ3n) is 6.41. The van der Waals surface area contributed by atoms with Gasteiger partial charge in [-0.1, -0.05) is 0 Å². The molecule has 3 heterocycles. The molecule has 2 aromatic heterocycles. The van der Waals surface area contributed by atoms with Crippen LogP contribution < -0.4 is 10.2 Å². The van der Waals surface area contributed by atoms with E-state index in [1.807, 2.05) is 54.8 Å².